The van der Waals surface area contributed by atoms with Gasteiger partial charge in [0, 0.05) is 27.2 Å². The smallest absolute Gasteiger partial charge is 0.221 e. The third-order valence-electron chi connectivity index (χ3n) is 2.15. The molecule has 1 aromatic rings. The summed E-state index contributed by atoms with van der Waals surface area (Å²) in [4.78, 5) is 11.0. The molecule has 0 heterocycles. The molecule has 6 heteroatoms. The van der Waals surface area contributed by atoms with E-state index in [2.05, 4.69) is 5.32 Å². The van der Waals surface area contributed by atoms with Gasteiger partial charge in [-0.05, 0) is 12.1 Å². The first-order chi connectivity index (χ1) is 8.56. The zero-order valence-electron chi connectivity index (χ0n) is 10.5. The molecule has 1 rings (SSSR count). The maximum Gasteiger partial charge on any atom is 0.221 e. The number of amides is 1. The van der Waals surface area contributed by atoms with Crippen LogP contribution >= 0.6 is 0 Å². The van der Waals surface area contributed by atoms with E-state index in [0.717, 1.165) is 0 Å². The lowest BCUT2D eigenvalue weighted by Crippen LogP contribution is -2.22. The second kappa shape index (κ2) is 6.93. The largest absolute Gasteiger partial charge is 0.486 e. The van der Waals surface area contributed by atoms with Crippen molar-refractivity contribution in [1.82, 2.24) is 0 Å². The van der Waals surface area contributed by atoms with E-state index in [1.165, 1.54) is 39.3 Å². The molecule has 0 aliphatic carbocycles. The van der Waals surface area contributed by atoms with Crippen LogP contribution in [0.25, 0.3) is 0 Å². The normalized spacial score (nSPS) is 10.5. The highest BCUT2D eigenvalue weighted by Gasteiger charge is 2.10. The Morgan fingerprint density at radius 2 is 2.06 bits per heavy atom. The first-order valence-corrected chi connectivity index (χ1v) is 5.32. The number of ether oxygens (including phenoxy) is 3. The molecule has 0 bridgehead atoms. The second-order valence-electron chi connectivity index (χ2n) is 3.53. The molecule has 0 spiro atoms. The summed E-state index contributed by atoms with van der Waals surface area (Å²) in [5.41, 5.74) is 0.272. The van der Waals surface area contributed by atoms with Gasteiger partial charge in [0.25, 0.3) is 0 Å². The van der Waals surface area contributed by atoms with Crippen molar-refractivity contribution in [1.29, 1.82) is 0 Å². The minimum atomic E-state index is -0.528. The molecule has 0 radical (unpaired) electrons. The monoisotopic (exact) mass is 257 g/mol. The molecule has 18 heavy (non-hydrogen) atoms. The van der Waals surface area contributed by atoms with E-state index < -0.39 is 12.1 Å². The molecule has 0 saturated heterocycles. The predicted octanol–water partition coefficient (Wildman–Crippen LogP) is 1.78. The molecule has 1 N–H and O–H groups in total. The van der Waals surface area contributed by atoms with Crippen LogP contribution < -0.4 is 10.1 Å². The average Bonchev–Trinajstić information content (AvgIpc) is 2.32. The van der Waals surface area contributed by atoms with Gasteiger partial charge in [-0.2, -0.15) is 0 Å². The van der Waals surface area contributed by atoms with E-state index in [-0.39, 0.29) is 18.2 Å². The standard InChI is InChI=1S/C12H16FNO4/c1-8(15)14-10-6-9(13)4-5-11(10)18-7-12(16-2)17-3/h4-6,12H,7H2,1-3H3,(H,14,15). The number of rotatable bonds is 6. The Balaban J connectivity index is 2.77. The lowest BCUT2D eigenvalue weighted by atomic mass is 10.3. The molecular formula is C12H16FNO4. The number of carbonyl (C=O) groups is 1. The van der Waals surface area contributed by atoms with Gasteiger partial charge in [-0.3, -0.25) is 4.79 Å². The fourth-order valence-corrected chi connectivity index (χ4v) is 1.31. The number of nitrogens with one attached hydrogen (secondary N) is 1. The van der Waals surface area contributed by atoms with Crippen molar-refractivity contribution in [2.45, 2.75) is 13.2 Å². The summed E-state index contributed by atoms with van der Waals surface area (Å²) in [6.45, 7) is 1.47. The van der Waals surface area contributed by atoms with Gasteiger partial charge >= 0.3 is 0 Å². The van der Waals surface area contributed by atoms with E-state index in [0.29, 0.717) is 5.75 Å². The summed E-state index contributed by atoms with van der Waals surface area (Å²) in [5, 5.41) is 2.49. The summed E-state index contributed by atoms with van der Waals surface area (Å²) in [7, 11) is 2.97. The molecule has 5 nitrogen and oxygen atoms in total. The molecule has 1 aromatic carbocycles. The molecule has 0 atom stereocenters. The third-order valence-corrected chi connectivity index (χ3v) is 2.15. The predicted molar refractivity (Wildman–Crippen MR) is 64.0 cm³/mol. The minimum Gasteiger partial charge on any atom is -0.486 e. The van der Waals surface area contributed by atoms with Gasteiger partial charge in [-0.25, -0.2) is 4.39 Å². The number of benzene rings is 1. The van der Waals surface area contributed by atoms with Crippen LogP contribution in [0.15, 0.2) is 18.2 Å². The van der Waals surface area contributed by atoms with Gasteiger partial charge < -0.3 is 19.5 Å². The van der Waals surface area contributed by atoms with Gasteiger partial charge in [0.15, 0.2) is 6.29 Å². The lowest BCUT2D eigenvalue weighted by Gasteiger charge is -2.16. The molecule has 100 valence electrons. The molecule has 0 fully saturated rings. The Hall–Kier alpha value is -1.66. The molecule has 0 aromatic heterocycles. The number of hydrogen-bond donors (Lipinski definition) is 1. The first kappa shape index (κ1) is 14.4. The van der Waals surface area contributed by atoms with Crippen molar-refractivity contribution in [3.8, 4) is 5.75 Å². The summed E-state index contributed by atoms with van der Waals surface area (Å²) in [6, 6.07) is 3.86. The van der Waals surface area contributed by atoms with Crippen LogP contribution in [0.3, 0.4) is 0 Å². The molecular weight excluding hydrogens is 241 g/mol. The maximum atomic E-state index is 13.1. The van der Waals surface area contributed by atoms with Crippen molar-refractivity contribution in [2.75, 3.05) is 26.1 Å². The van der Waals surface area contributed by atoms with Crippen LogP contribution in [0.1, 0.15) is 6.92 Å². The fourth-order valence-electron chi connectivity index (χ4n) is 1.31. The van der Waals surface area contributed by atoms with E-state index in [1.54, 1.807) is 0 Å². The molecule has 0 aliphatic rings. The van der Waals surface area contributed by atoms with Crippen LogP contribution in [0.5, 0.6) is 5.75 Å². The van der Waals surface area contributed by atoms with Crippen LogP contribution in [0.4, 0.5) is 10.1 Å². The Bertz CT molecular complexity index is 407. The van der Waals surface area contributed by atoms with Crippen LogP contribution in [-0.4, -0.2) is 33.0 Å². The zero-order chi connectivity index (χ0) is 13.5. The van der Waals surface area contributed by atoms with Crippen LogP contribution in [0, 0.1) is 5.82 Å². The molecule has 0 saturated carbocycles. The Morgan fingerprint density at radius 3 is 2.61 bits per heavy atom. The highest BCUT2D eigenvalue weighted by molar-refractivity contribution is 5.90. The van der Waals surface area contributed by atoms with Gasteiger partial charge in [0.1, 0.15) is 18.2 Å². The Labute approximate surface area is 105 Å². The van der Waals surface area contributed by atoms with E-state index in [1.807, 2.05) is 0 Å². The van der Waals surface area contributed by atoms with Crippen molar-refractivity contribution < 1.29 is 23.4 Å². The average molecular weight is 257 g/mol. The number of halogens is 1. The van der Waals surface area contributed by atoms with E-state index >= 15 is 0 Å². The maximum absolute atomic E-state index is 13.1. The van der Waals surface area contributed by atoms with Crippen molar-refractivity contribution >= 4 is 11.6 Å². The van der Waals surface area contributed by atoms with Crippen molar-refractivity contribution in [3.63, 3.8) is 0 Å². The molecule has 0 unspecified atom stereocenters. The number of anilines is 1. The zero-order valence-corrected chi connectivity index (χ0v) is 10.5. The highest BCUT2D eigenvalue weighted by Crippen LogP contribution is 2.25. The summed E-state index contributed by atoms with van der Waals surface area (Å²) < 4.78 is 28.4. The van der Waals surface area contributed by atoms with Crippen molar-refractivity contribution in [2.24, 2.45) is 0 Å². The Morgan fingerprint density at radius 1 is 1.39 bits per heavy atom. The highest BCUT2D eigenvalue weighted by atomic mass is 19.1. The number of methoxy groups -OCH3 is 2. The van der Waals surface area contributed by atoms with Gasteiger partial charge in [-0.1, -0.05) is 0 Å². The van der Waals surface area contributed by atoms with Gasteiger partial charge in [0.05, 0.1) is 5.69 Å². The number of hydrogen-bond acceptors (Lipinski definition) is 4. The fraction of sp³-hybridized carbons (Fsp3) is 0.417. The Kier molecular flexibility index (Phi) is 5.54. The van der Waals surface area contributed by atoms with E-state index in [9.17, 15) is 9.18 Å². The van der Waals surface area contributed by atoms with Crippen molar-refractivity contribution in [3.05, 3.63) is 24.0 Å². The molecule has 0 aliphatic heterocycles. The topological polar surface area (TPSA) is 56.8 Å². The summed E-state index contributed by atoms with van der Waals surface area (Å²) in [5.74, 6) is -0.410. The first-order valence-electron chi connectivity index (χ1n) is 5.32. The SMILES string of the molecule is COC(COc1ccc(F)cc1NC(C)=O)OC. The minimum absolute atomic E-state index is 0.130. The van der Waals surface area contributed by atoms with Gasteiger partial charge in [0.2, 0.25) is 5.91 Å². The van der Waals surface area contributed by atoms with Crippen LogP contribution in [-0.2, 0) is 14.3 Å². The van der Waals surface area contributed by atoms with E-state index in [4.69, 9.17) is 14.2 Å². The quantitative estimate of drug-likeness (QED) is 0.789. The van der Waals surface area contributed by atoms with Gasteiger partial charge in [-0.15, -0.1) is 0 Å². The second-order valence-corrected chi connectivity index (χ2v) is 3.53. The lowest BCUT2D eigenvalue weighted by molar-refractivity contribution is -0.121. The number of carbonyl (C=O) groups excluding carboxylic acids is 1. The summed E-state index contributed by atoms with van der Waals surface area (Å²) in [6.07, 6.45) is -0.528. The third kappa shape index (κ3) is 4.31. The molecule has 1 amide bonds. The summed E-state index contributed by atoms with van der Waals surface area (Å²) >= 11 is 0. The van der Waals surface area contributed by atoms with Crippen LogP contribution in [0.2, 0.25) is 0 Å².